The van der Waals surface area contributed by atoms with Crippen LogP contribution in [0.3, 0.4) is 0 Å². The van der Waals surface area contributed by atoms with Gasteiger partial charge in [0.25, 0.3) is 5.91 Å². The molecule has 1 amide bonds. The summed E-state index contributed by atoms with van der Waals surface area (Å²) in [7, 11) is 0. The van der Waals surface area contributed by atoms with Crippen LogP contribution in [-0.2, 0) is 0 Å². The smallest absolute Gasteiger partial charge is 0.287 e. The Morgan fingerprint density at radius 1 is 1.71 bits per heavy atom. The Kier molecular flexibility index (Phi) is 2.31. The molecule has 1 aromatic heterocycles. The molecule has 1 saturated heterocycles. The molecule has 2 rings (SSSR count). The second-order valence-corrected chi connectivity index (χ2v) is 5.59. The molecule has 0 saturated carbocycles. The van der Waals surface area contributed by atoms with Gasteiger partial charge in [0.05, 0.1) is 12.3 Å². The minimum Gasteiger partial charge on any atom is -0.459 e. The van der Waals surface area contributed by atoms with Crippen LogP contribution in [0.5, 0.6) is 0 Å². The third kappa shape index (κ3) is 1.66. The maximum absolute atomic E-state index is 11.6. The quantitative estimate of drug-likeness (QED) is 0.812. The van der Waals surface area contributed by atoms with Gasteiger partial charge < -0.3 is 9.73 Å². The van der Waals surface area contributed by atoms with E-state index in [4.69, 9.17) is 4.42 Å². The third-order valence-electron chi connectivity index (χ3n) is 2.51. The summed E-state index contributed by atoms with van der Waals surface area (Å²) in [6, 6.07) is 3.65. The Morgan fingerprint density at radius 2 is 2.50 bits per heavy atom. The molecule has 0 aromatic carbocycles. The van der Waals surface area contributed by atoms with E-state index in [0.29, 0.717) is 5.76 Å². The molecule has 0 radical (unpaired) electrons. The highest BCUT2D eigenvalue weighted by atomic mass is 32.2. The lowest BCUT2D eigenvalue weighted by Crippen LogP contribution is -2.56. The zero-order chi connectivity index (χ0) is 10.2. The summed E-state index contributed by atoms with van der Waals surface area (Å²) >= 11 is 1.86. The fourth-order valence-electron chi connectivity index (χ4n) is 1.35. The van der Waals surface area contributed by atoms with Crippen molar-refractivity contribution < 1.29 is 9.21 Å². The molecule has 2 heterocycles. The molecule has 1 fully saturated rings. The van der Waals surface area contributed by atoms with Gasteiger partial charge in [-0.05, 0) is 26.0 Å². The van der Waals surface area contributed by atoms with Gasteiger partial charge >= 0.3 is 0 Å². The lowest BCUT2D eigenvalue weighted by molar-refractivity contribution is 0.0903. The van der Waals surface area contributed by atoms with Gasteiger partial charge in [-0.2, -0.15) is 11.8 Å². The van der Waals surface area contributed by atoms with Crippen molar-refractivity contribution >= 4 is 17.7 Å². The number of thioether (sulfide) groups is 1. The number of furan rings is 1. The third-order valence-corrected chi connectivity index (χ3v) is 4.04. The Morgan fingerprint density at radius 3 is 2.93 bits per heavy atom. The lowest BCUT2D eigenvalue weighted by atomic mass is 10.0. The standard InChI is InChI=1S/C10H13NO2S/c1-10(2)8(6-14-10)11-9(12)7-4-3-5-13-7/h3-5,8H,6H2,1-2H3,(H,11,12). The van der Waals surface area contributed by atoms with Gasteiger partial charge in [-0.15, -0.1) is 0 Å². The normalized spacial score (nSPS) is 24.0. The average molecular weight is 211 g/mol. The van der Waals surface area contributed by atoms with Crippen LogP contribution in [0.2, 0.25) is 0 Å². The van der Waals surface area contributed by atoms with Crippen molar-refractivity contribution in [3.8, 4) is 0 Å². The first kappa shape index (κ1) is 9.65. The Balaban J connectivity index is 1.96. The monoisotopic (exact) mass is 211 g/mol. The summed E-state index contributed by atoms with van der Waals surface area (Å²) in [4.78, 5) is 11.6. The van der Waals surface area contributed by atoms with Crippen molar-refractivity contribution in [1.82, 2.24) is 5.32 Å². The van der Waals surface area contributed by atoms with Gasteiger partial charge in [-0.25, -0.2) is 0 Å². The number of carbonyl (C=O) groups is 1. The van der Waals surface area contributed by atoms with E-state index >= 15 is 0 Å². The molecular formula is C10H13NO2S. The number of amides is 1. The second-order valence-electron chi connectivity index (χ2n) is 3.92. The van der Waals surface area contributed by atoms with E-state index in [9.17, 15) is 4.79 Å². The molecule has 0 spiro atoms. The van der Waals surface area contributed by atoms with Gasteiger partial charge in [0, 0.05) is 10.5 Å². The zero-order valence-corrected chi connectivity index (χ0v) is 9.06. The first-order chi connectivity index (χ1) is 6.59. The lowest BCUT2D eigenvalue weighted by Gasteiger charge is -2.43. The van der Waals surface area contributed by atoms with Gasteiger partial charge in [0.15, 0.2) is 5.76 Å². The SMILES string of the molecule is CC1(C)SCC1NC(=O)c1ccco1. The van der Waals surface area contributed by atoms with Crippen LogP contribution >= 0.6 is 11.8 Å². The van der Waals surface area contributed by atoms with Crippen molar-refractivity contribution in [2.75, 3.05) is 5.75 Å². The molecule has 0 aliphatic carbocycles. The van der Waals surface area contributed by atoms with Gasteiger partial charge in [0.1, 0.15) is 0 Å². The molecule has 3 nitrogen and oxygen atoms in total. The summed E-state index contributed by atoms with van der Waals surface area (Å²) in [5.41, 5.74) is 0. The highest BCUT2D eigenvalue weighted by Gasteiger charge is 2.40. The molecule has 0 bridgehead atoms. The average Bonchev–Trinajstić information content (AvgIpc) is 2.65. The second kappa shape index (κ2) is 3.35. The number of hydrogen-bond acceptors (Lipinski definition) is 3. The minimum atomic E-state index is -0.117. The van der Waals surface area contributed by atoms with Crippen molar-refractivity contribution in [2.24, 2.45) is 0 Å². The Labute approximate surface area is 87.2 Å². The van der Waals surface area contributed by atoms with Crippen LogP contribution in [0.1, 0.15) is 24.4 Å². The number of carbonyl (C=O) groups excluding carboxylic acids is 1. The van der Waals surface area contributed by atoms with Crippen LogP contribution in [0, 0.1) is 0 Å². The first-order valence-electron chi connectivity index (χ1n) is 4.58. The summed E-state index contributed by atoms with van der Waals surface area (Å²) in [5, 5.41) is 2.96. The summed E-state index contributed by atoms with van der Waals surface area (Å²) in [6.07, 6.45) is 1.51. The van der Waals surface area contributed by atoms with Crippen molar-refractivity contribution in [3.05, 3.63) is 24.2 Å². The Bertz CT molecular complexity index is 332. The van der Waals surface area contributed by atoms with E-state index in [1.807, 2.05) is 11.8 Å². The topological polar surface area (TPSA) is 42.2 Å². The van der Waals surface area contributed by atoms with Crippen LogP contribution in [0.4, 0.5) is 0 Å². The highest BCUT2D eigenvalue weighted by Crippen LogP contribution is 2.39. The van der Waals surface area contributed by atoms with E-state index in [0.717, 1.165) is 5.75 Å². The minimum absolute atomic E-state index is 0.117. The first-order valence-corrected chi connectivity index (χ1v) is 5.56. The molecule has 4 heteroatoms. The predicted molar refractivity (Wildman–Crippen MR) is 56.5 cm³/mol. The fraction of sp³-hybridized carbons (Fsp3) is 0.500. The number of nitrogens with one attached hydrogen (secondary N) is 1. The molecule has 1 aromatic rings. The molecule has 1 unspecified atom stereocenters. The number of hydrogen-bond donors (Lipinski definition) is 1. The van der Waals surface area contributed by atoms with Crippen molar-refractivity contribution in [2.45, 2.75) is 24.6 Å². The van der Waals surface area contributed by atoms with Crippen LogP contribution in [0.25, 0.3) is 0 Å². The Hall–Kier alpha value is -0.900. The molecule has 76 valence electrons. The summed E-state index contributed by atoms with van der Waals surface area (Å²) in [6.45, 7) is 4.27. The number of rotatable bonds is 2. The van der Waals surface area contributed by atoms with Crippen LogP contribution < -0.4 is 5.32 Å². The van der Waals surface area contributed by atoms with Crippen LogP contribution in [0.15, 0.2) is 22.8 Å². The molecule has 1 N–H and O–H groups in total. The molecular weight excluding hydrogens is 198 g/mol. The maximum Gasteiger partial charge on any atom is 0.287 e. The van der Waals surface area contributed by atoms with Gasteiger partial charge in [-0.1, -0.05) is 0 Å². The molecule has 1 aliphatic rings. The fourth-order valence-corrected chi connectivity index (χ4v) is 2.49. The van der Waals surface area contributed by atoms with Crippen molar-refractivity contribution in [1.29, 1.82) is 0 Å². The van der Waals surface area contributed by atoms with E-state index < -0.39 is 0 Å². The molecule has 14 heavy (non-hydrogen) atoms. The molecule has 1 atom stereocenters. The largest absolute Gasteiger partial charge is 0.459 e. The van der Waals surface area contributed by atoms with Crippen molar-refractivity contribution in [3.63, 3.8) is 0 Å². The van der Waals surface area contributed by atoms with Crippen LogP contribution in [-0.4, -0.2) is 22.4 Å². The van der Waals surface area contributed by atoms with E-state index in [2.05, 4.69) is 19.2 Å². The van der Waals surface area contributed by atoms with E-state index in [-0.39, 0.29) is 16.7 Å². The van der Waals surface area contributed by atoms with Gasteiger partial charge in [-0.3, -0.25) is 4.79 Å². The maximum atomic E-state index is 11.6. The summed E-state index contributed by atoms with van der Waals surface area (Å²) < 4.78 is 5.17. The van der Waals surface area contributed by atoms with Gasteiger partial charge in [0.2, 0.25) is 0 Å². The summed E-state index contributed by atoms with van der Waals surface area (Å²) in [5.74, 6) is 1.26. The highest BCUT2D eigenvalue weighted by molar-refractivity contribution is 8.02. The zero-order valence-electron chi connectivity index (χ0n) is 8.24. The van der Waals surface area contributed by atoms with E-state index in [1.54, 1.807) is 12.1 Å². The molecule has 1 aliphatic heterocycles. The predicted octanol–water partition coefficient (Wildman–Crippen LogP) is 1.90. The van der Waals surface area contributed by atoms with E-state index in [1.165, 1.54) is 6.26 Å².